The van der Waals surface area contributed by atoms with Crippen LogP contribution in [0.3, 0.4) is 0 Å². The lowest BCUT2D eigenvalue weighted by molar-refractivity contribution is -0.156. The Balaban J connectivity index is 2.56. The van der Waals surface area contributed by atoms with Gasteiger partial charge in [0.25, 0.3) is 5.91 Å². The largest absolute Gasteiger partial charge is 0.479 e. The smallest absolute Gasteiger partial charge is 0.337 e. The second kappa shape index (κ2) is 6.33. The van der Waals surface area contributed by atoms with Crippen LogP contribution in [0.15, 0.2) is 24.3 Å². The number of carboxylic acids is 1. The molecule has 1 aromatic rings. The molecule has 6 nitrogen and oxygen atoms in total. The van der Waals surface area contributed by atoms with E-state index in [0.29, 0.717) is 0 Å². The highest BCUT2D eigenvalue weighted by molar-refractivity contribution is 5.82. The van der Waals surface area contributed by atoms with Gasteiger partial charge in [-0.05, 0) is 26.0 Å². The first-order chi connectivity index (χ1) is 9.24. The van der Waals surface area contributed by atoms with Gasteiger partial charge in [-0.2, -0.15) is 0 Å². The SMILES string of the molecule is CC(Oc1ccccc1F)C(=O)NCC(C)(O)C(=O)O. The number of aliphatic hydroxyl groups is 1. The highest BCUT2D eigenvalue weighted by atomic mass is 19.1. The fraction of sp³-hybridized carbons (Fsp3) is 0.385. The Labute approximate surface area is 115 Å². The van der Waals surface area contributed by atoms with Crippen LogP contribution in [-0.4, -0.2) is 40.3 Å². The molecule has 0 fully saturated rings. The standard InChI is InChI=1S/C13H16FNO5/c1-8(20-10-6-4-3-5-9(10)14)11(16)15-7-13(2,19)12(17)18/h3-6,8,19H,7H2,1-2H3,(H,15,16)(H,17,18). The van der Waals surface area contributed by atoms with Gasteiger partial charge in [-0.25, -0.2) is 9.18 Å². The molecule has 0 aromatic heterocycles. The van der Waals surface area contributed by atoms with E-state index in [2.05, 4.69) is 5.32 Å². The molecule has 0 heterocycles. The second-order valence-electron chi connectivity index (χ2n) is 4.49. The number of hydrogen-bond acceptors (Lipinski definition) is 4. The van der Waals surface area contributed by atoms with Gasteiger partial charge in [0.2, 0.25) is 0 Å². The van der Waals surface area contributed by atoms with Crippen LogP contribution < -0.4 is 10.1 Å². The van der Waals surface area contributed by atoms with Gasteiger partial charge >= 0.3 is 5.97 Å². The topological polar surface area (TPSA) is 95.9 Å². The van der Waals surface area contributed by atoms with Crippen molar-refractivity contribution in [2.24, 2.45) is 0 Å². The Morgan fingerprint density at radius 1 is 1.45 bits per heavy atom. The van der Waals surface area contributed by atoms with Gasteiger partial charge in [-0.3, -0.25) is 4.79 Å². The average molecular weight is 285 g/mol. The molecule has 20 heavy (non-hydrogen) atoms. The van der Waals surface area contributed by atoms with Crippen LogP contribution in [0.4, 0.5) is 4.39 Å². The van der Waals surface area contributed by atoms with Gasteiger partial charge in [-0.1, -0.05) is 12.1 Å². The van der Waals surface area contributed by atoms with Crippen molar-refractivity contribution < 1.29 is 28.9 Å². The summed E-state index contributed by atoms with van der Waals surface area (Å²) >= 11 is 0. The van der Waals surface area contributed by atoms with Gasteiger partial charge in [0.15, 0.2) is 23.3 Å². The summed E-state index contributed by atoms with van der Waals surface area (Å²) in [6.45, 7) is 1.96. The summed E-state index contributed by atoms with van der Waals surface area (Å²) in [5.74, 6) is -2.81. The molecular formula is C13H16FNO5. The van der Waals surface area contributed by atoms with Crippen LogP contribution in [0.1, 0.15) is 13.8 Å². The van der Waals surface area contributed by atoms with Crippen LogP contribution in [0, 0.1) is 5.82 Å². The maximum absolute atomic E-state index is 13.3. The minimum Gasteiger partial charge on any atom is -0.479 e. The predicted molar refractivity (Wildman–Crippen MR) is 67.8 cm³/mol. The first-order valence-corrected chi connectivity index (χ1v) is 5.88. The van der Waals surface area contributed by atoms with E-state index in [1.165, 1.54) is 25.1 Å². The molecule has 2 unspecified atom stereocenters. The first-order valence-electron chi connectivity index (χ1n) is 5.88. The van der Waals surface area contributed by atoms with Crippen molar-refractivity contribution in [1.29, 1.82) is 0 Å². The summed E-state index contributed by atoms with van der Waals surface area (Å²) in [4.78, 5) is 22.3. The minimum absolute atomic E-state index is 0.0832. The van der Waals surface area contributed by atoms with Gasteiger partial charge in [-0.15, -0.1) is 0 Å². The summed E-state index contributed by atoms with van der Waals surface area (Å²) < 4.78 is 18.4. The number of carbonyl (C=O) groups is 2. The quantitative estimate of drug-likeness (QED) is 0.709. The molecule has 7 heteroatoms. The third-order valence-electron chi connectivity index (χ3n) is 2.58. The van der Waals surface area contributed by atoms with E-state index in [-0.39, 0.29) is 5.75 Å². The van der Waals surface area contributed by atoms with Gasteiger partial charge < -0.3 is 20.3 Å². The van der Waals surface area contributed by atoms with E-state index in [1.807, 2.05) is 0 Å². The van der Waals surface area contributed by atoms with Crippen molar-refractivity contribution in [3.63, 3.8) is 0 Å². The van der Waals surface area contributed by atoms with E-state index in [4.69, 9.17) is 9.84 Å². The Morgan fingerprint density at radius 2 is 2.05 bits per heavy atom. The summed E-state index contributed by atoms with van der Waals surface area (Å²) in [7, 11) is 0. The number of para-hydroxylation sites is 1. The molecule has 0 bridgehead atoms. The van der Waals surface area contributed by atoms with E-state index in [9.17, 15) is 19.1 Å². The molecule has 1 aromatic carbocycles. The third kappa shape index (κ3) is 4.20. The third-order valence-corrected chi connectivity index (χ3v) is 2.58. The molecule has 1 amide bonds. The van der Waals surface area contributed by atoms with Crippen LogP contribution in [0.5, 0.6) is 5.75 Å². The number of nitrogens with one attached hydrogen (secondary N) is 1. The number of rotatable bonds is 6. The lowest BCUT2D eigenvalue weighted by atomic mass is 10.1. The molecule has 0 saturated heterocycles. The van der Waals surface area contributed by atoms with Crippen molar-refractivity contribution in [1.82, 2.24) is 5.32 Å². The van der Waals surface area contributed by atoms with E-state index >= 15 is 0 Å². The molecule has 3 N–H and O–H groups in total. The van der Waals surface area contributed by atoms with Crippen molar-refractivity contribution in [2.45, 2.75) is 25.6 Å². The van der Waals surface area contributed by atoms with Crippen molar-refractivity contribution in [3.05, 3.63) is 30.1 Å². The Bertz CT molecular complexity index is 503. The van der Waals surface area contributed by atoms with Crippen LogP contribution >= 0.6 is 0 Å². The normalized spacial score (nSPS) is 15.0. The molecule has 0 aliphatic carbocycles. The van der Waals surface area contributed by atoms with Gasteiger partial charge in [0.05, 0.1) is 6.54 Å². The number of ether oxygens (including phenoxy) is 1. The summed E-state index contributed by atoms with van der Waals surface area (Å²) in [5, 5.41) is 20.3. The fourth-order valence-electron chi connectivity index (χ4n) is 1.26. The molecule has 0 saturated carbocycles. The maximum atomic E-state index is 13.3. The van der Waals surface area contributed by atoms with Crippen molar-refractivity contribution >= 4 is 11.9 Å². The molecule has 0 aliphatic rings. The number of amides is 1. The molecule has 0 aliphatic heterocycles. The summed E-state index contributed by atoms with van der Waals surface area (Å²) in [6, 6.07) is 5.59. The highest BCUT2D eigenvalue weighted by Gasteiger charge is 2.31. The summed E-state index contributed by atoms with van der Waals surface area (Å²) in [6.07, 6.45) is -1.03. The maximum Gasteiger partial charge on any atom is 0.337 e. The van der Waals surface area contributed by atoms with Gasteiger partial charge in [0, 0.05) is 0 Å². The van der Waals surface area contributed by atoms with Crippen molar-refractivity contribution in [3.8, 4) is 5.75 Å². The molecule has 110 valence electrons. The zero-order chi connectivity index (χ0) is 15.3. The number of hydrogen-bond donors (Lipinski definition) is 3. The number of benzene rings is 1. The zero-order valence-corrected chi connectivity index (χ0v) is 11.1. The number of carboxylic acid groups (broad SMARTS) is 1. The monoisotopic (exact) mass is 285 g/mol. The molecule has 1 rings (SSSR count). The van der Waals surface area contributed by atoms with Gasteiger partial charge in [0.1, 0.15) is 0 Å². The lowest BCUT2D eigenvalue weighted by Gasteiger charge is -2.20. The number of aliphatic carboxylic acids is 1. The van der Waals surface area contributed by atoms with E-state index < -0.39 is 35.9 Å². The number of carbonyl (C=O) groups excluding carboxylic acids is 1. The fourth-order valence-corrected chi connectivity index (χ4v) is 1.26. The molecule has 2 atom stereocenters. The second-order valence-corrected chi connectivity index (χ2v) is 4.49. The first kappa shape index (κ1) is 15.9. The minimum atomic E-state index is -2.08. The molecule has 0 spiro atoms. The van der Waals surface area contributed by atoms with Crippen LogP contribution in [0.2, 0.25) is 0 Å². The lowest BCUT2D eigenvalue weighted by Crippen LogP contribution is -2.49. The highest BCUT2D eigenvalue weighted by Crippen LogP contribution is 2.17. The predicted octanol–water partition coefficient (Wildman–Crippen LogP) is 0.545. The molecule has 0 radical (unpaired) electrons. The Hall–Kier alpha value is -2.15. The molecular weight excluding hydrogens is 269 g/mol. The van der Waals surface area contributed by atoms with E-state index in [0.717, 1.165) is 6.92 Å². The zero-order valence-electron chi connectivity index (χ0n) is 11.1. The van der Waals surface area contributed by atoms with E-state index in [1.54, 1.807) is 6.07 Å². The van der Waals surface area contributed by atoms with Crippen LogP contribution in [0.25, 0.3) is 0 Å². The number of halogens is 1. The van der Waals surface area contributed by atoms with Crippen LogP contribution in [-0.2, 0) is 9.59 Å². The average Bonchev–Trinajstić information content (AvgIpc) is 2.38. The van der Waals surface area contributed by atoms with Crippen molar-refractivity contribution in [2.75, 3.05) is 6.54 Å². The summed E-state index contributed by atoms with van der Waals surface area (Å²) in [5.41, 5.74) is -2.08. The Kier molecular flexibility index (Phi) is 5.04. The Morgan fingerprint density at radius 3 is 2.60 bits per heavy atom.